The average molecular weight is 225 g/mol. The van der Waals surface area contributed by atoms with Crippen LogP contribution < -0.4 is 5.32 Å². The van der Waals surface area contributed by atoms with Gasteiger partial charge in [-0.1, -0.05) is 6.92 Å². The van der Waals surface area contributed by atoms with Crippen LogP contribution in [-0.4, -0.2) is 17.3 Å². The summed E-state index contributed by atoms with van der Waals surface area (Å²) in [4.78, 5) is 2.86. The number of aliphatic hydroxyl groups is 1. The molecule has 1 saturated carbocycles. The highest BCUT2D eigenvalue weighted by atomic mass is 32.1. The monoisotopic (exact) mass is 225 g/mol. The third kappa shape index (κ3) is 2.60. The van der Waals surface area contributed by atoms with Crippen LogP contribution in [0.25, 0.3) is 0 Å². The highest BCUT2D eigenvalue weighted by molar-refractivity contribution is 7.12. The number of hydrogen-bond acceptors (Lipinski definition) is 3. The Morgan fingerprint density at radius 3 is 2.80 bits per heavy atom. The molecule has 1 aliphatic rings. The number of hydrogen-bond donors (Lipinski definition) is 2. The lowest BCUT2D eigenvalue weighted by Gasteiger charge is -2.34. The van der Waals surface area contributed by atoms with E-state index in [2.05, 4.69) is 31.3 Å². The summed E-state index contributed by atoms with van der Waals surface area (Å²) >= 11 is 1.89. The van der Waals surface area contributed by atoms with Crippen molar-refractivity contribution in [2.75, 3.05) is 0 Å². The largest absolute Gasteiger partial charge is 0.393 e. The van der Waals surface area contributed by atoms with Crippen molar-refractivity contribution in [1.82, 2.24) is 5.32 Å². The van der Waals surface area contributed by atoms with E-state index < -0.39 is 0 Å². The van der Waals surface area contributed by atoms with Gasteiger partial charge in [0, 0.05) is 21.8 Å². The van der Waals surface area contributed by atoms with Crippen molar-refractivity contribution in [1.29, 1.82) is 0 Å². The molecular weight excluding hydrogens is 206 g/mol. The molecule has 0 aliphatic heterocycles. The van der Waals surface area contributed by atoms with Gasteiger partial charge in [0.05, 0.1) is 6.10 Å². The first-order valence-corrected chi connectivity index (χ1v) is 6.53. The molecule has 2 rings (SSSR count). The SMILES string of the molecule is CCc1ccc(C(C)NC2CC(O)C2)s1. The van der Waals surface area contributed by atoms with Crippen molar-refractivity contribution in [2.45, 2.75) is 51.3 Å². The number of thiophene rings is 1. The molecular formula is C12H19NOS. The number of rotatable bonds is 4. The Morgan fingerprint density at radius 1 is 1.53 bits per heavy atom. The third-order valence-corrected chi connectivity index (χ3v) is 4.47. The molecule has 1 heterocycles. The molecule has 15 heavy (non-hydrogen) atoms. The molecule has 1 aromatic rings. The van der Waals surface area contributed by atoms with Gasteiger partial charge in [0.25, 0.3) is 0 Å². The van der Waals surface area contributed by atoms with Crippen molar-refractivity contribution in [3.05, 3.63) is 21.9 Å². The molecule has 2 N–H and O–H groups in total. The summed E-state index contributed by atoms with van der Waals surface area (Å²) in [7, 11) is 0. The van der Waals surface area contributed by atoms with Gasteiger partial charge in [0.2, 0.25) is 0 Å². The van der Waals surface area contributed by atoms with Gasteiger partial charge in [-0.05, 0) is 38.3 Å². The van der Waals surface area contributed by atoms with Crippen LogP contribution in [0.3, 0.4) is 0 Å². The van der Waals surface area contributed by atoms with Gasteiger partial charge in [-0.2, -0.15) is 0 Å². The van der Waals surface area contributed by atoms with Crippen LogP contribution in [0.1, 0.15) is 42.5 Å². The second-order valence-corrected chi connectivity index (χ2v) is 5.57. The first-order valence-electron chi connectivity index (χ1n) is 5.71. The fourth-order valence-electron chi connectivity index (χ4n) is 1.98. The van der Waals surface area contributed by atoms with Crippen LogP contribution in [0.4, 0.5) is 0 Å². The molecule has 1 aliphatic carbocycles. The molecule has 0 radical (unpaired) electrons. The molecule has 84 valence electrons. The van der Waals surface area contributed by atoms with Crippen molar-refractivity contribution in [2.24, 2.45) is 0 Å². The summed E-state index contributed by atoms with van der Waals surface area (Å²) in [5, 5.41) is 12.8. The fraction of sp³-hybridized carbons (Fsp3) is 0.667. The standard InChI is InChI=1S/C12H19NOS/c1-3-11-4-5-12(15-11)8(2)13-9-6-10(14)7-9/h4-5,8-10,13-14H,3,6-7H2,1-2H3. The third-order valence-electron chi connectivity index (χ3n) is 3.06. The lowest BCUT2D eigenvalue weighted by molar-refractivity contribution is 0.0587. The molecule has 1 fully saturated rings. The quantitative estimate of drug-likeness (QED) is 0.825. The summed E-state index contributed by atoms with van der Waals surface area (Å²) in [5.41, 5.74) is 0. The van der Waals surface area contributed by atoms with Crippen molar-refractivity contribution in [3.63, 3.8) is 0 Å². The Balaban J connectivity index is 1.87. The van der Waals surface area contributed by atoms with E-state index in [1.165, 1.54) is 9.75 Å². The first kappa shape index (κ1) is 11.1. The number of nitrogens with one attached hydrogen (secondary N) is 1. The molecule has 0 amide bonds. The minimum absolute atomic E-state index is 0.0655. The molecule has 0 spiro atoms. The summed E-state index contributed by atoms with van der Waals surface area (Å²) in [5.74, 6) is 0. The number of aliphatic hydroxyl groups excluding tert-OH is 1. The smallest absolute Gasteiger partial charge is 0.0570 e. The molecule has 1 aromatic heterocycles. The Kier molecular flexibility index (Phi) is 3.44. The Morgan fingerprint density at radius 2 is 2.27 bits per heavy atom. The van der Waals surface area contributed by atoms with Gasteiger partial charge in [-0.25, -0.2) is 0 Å². The highest BCUT2D eigenvalue weighted by Gasteiger charge is 2.28. The van der Waals surface area contributed by atoms with E-state index in [0.717, 1.165) is 19.3 Å². The van der Waals surface area contributed by atoms with E-state index in [1.807, 2.05) is 11.3 Å². The zero-order valence-corrected chi connectivity index (χ0v) is 10.2. The van der Waals surface area contributed by atoms with E-state index in [1.54, 1.807) is 0 Å². The van der Waals surface area contributed by atoms with Gasteiger partial charge in [0.1, 0.15) is 0 Å². The topological polar surface area (TPSA) is 32.3 Å². The molecule has 2 nitrogen and oxygen atoms in total. The van der Waals surface area contributed by atoms with Crippen LogP contribution in [0.15, 0.2) is 12.1 Å². The lowest BCUT2D eigenvalue weighted by Crippen LogP contribution is -2.44. The molecule has 3 heteroatoms. The van der Waals surface area contributed by atoms with Gasteiger partial charge in [-0.3, -0.25) is 0 Å². The van der Waals surface area contributed by atoms with Gasteiger partial charge < -0.3 is 10.4 Å². The Labute approximate surface area is 95.3 Å². The van der Waals surface area contributed by atoms with Crippen molar-refractivity contribution >= 4 is 11.3 Å². The van der Waals surface area contributed by atoms with Crippen LogP contribution >= 0.6 is 11.3 Å². The molecule has 0 aromatic carbocycles. The van der Waals surface area contributed by atoms with E-state index in [4.69, 9.17) is 0 Å². The van der Waals surface area contributed by atoms with Crippen molar-refractivity contribution < 1.29 is 5.11 Å². The van der Waals surface area contributed by atoms with E-state index in [-0.39, 0.29) is 6.10 Å². The summed E-state index contributed by atoms with van der Waals surface area (Å²) in [6.45, 7) is 4.39. The first-order chi connectivity index (χ1) is 7.19. The minimum Gasteiger partial charge on any atom is -0.393 e. The Hall–Kier alpha value is -0.380. The van der Waals surface area contributed by atoms with E-state index >= 15 is 0 Å². The summed E-state index contributed by atoms with van der Waals surface area (Å²) < 4.78 is 0. The fourth-order valence-corrected chi connectivity index (χ4v) is 2.94. The predicted molar refractivity (Wildman–Crippen MR) is 64.3 cm³/mol. The maximum Gasteiger partial charge on any atom is 0.0570 e. The lowest BCUT2D eigenvalue weighted by atomic mass is 9.89. The summed E-state index contributed by atoms with van der Waals surface area (Å²) in [6.07, 6.45) is 2.89. The average Bonchev–Trinajstić information content (AvgIpc) is 2.63. The van der Waals surface area contributed by atoms with E-state index in [9.17, 15) is 5.11 Å². The number of aryl methyl sites for hydroxylation is 1. The molecule has 0 bridgehead atoms. The molecule has 0 saturated heterocycles. The van der Waals surface area contributed by atoms with Crippen LogP contribution in [0.5, 0.6) is 0 Å². The summed E-state index contributed by atoms with van der Waals surface area (Å²) in [6, 6.07) is 5.37. The van der Waals surface area contributed by atoms with Crippen LogP contribution in [0, 0.1) is 0 Å². The zero-order valence-electron chi connectivity index (χ0n) is 9.36. The van der Waals surface area contributed by atoms with Crippen molar-refractivity contribution in [3.8, 4) is 0 Å². The van der Waals surface area contributed by atoms with Crippen LogP contribution in [0.2, 0.25) is 0 Å². The zero-order chi connectivity index (χ0) is 10.8. The Bertz CT molecular complexity index is 317. The maximum atomic E-state index is 9.21. The minimum atomic E-state index is -0.0655. The highest BCUT2D eigenvalue weighted by Crippen LogP contribution is 2.27. The van der Waals surface area contributed by atoms with Crippen LogP contribution in [-0.2, 0) is 6.42 Å². The molecule has 1 atom stereocenters. The predicted octanol–water partition coefficient (Wildman–Crippen LogP) is 2.48. The second kappa shape index (κ2) is 4.64. The van der Waals surface area contributed by atoms with Gasteiger partial charge >= 0.3 is 0 Å². The second-order valence-electron chi connectivity index (χ2n) is 4.37. The molecule has 1 unspecified atom stereocenters. The van der Waals surface area contributed by atoms with E-state index in [0.29, 0.717) is 12.1 Å². The van der Waals surface area contributed by atoms with Gasteiger partial charge in [0.15, 0.2) is 0 Å². The normalized spacial score (nSPS) is 27.4. The maximum absolute atomic E-state index is 9.21. The van der Waals surface area contributed by atoms with Gasteiger partial charge in [-0.15, -0.1) is 11.3 Å².